The van der Waals surface area contributed by atoms with E-state index in [2.05, 4.69) is 41.1 Å². The molecular formula is C21H29IN4O2S. The Labute approximate surface area is 193 Å². The highest BCUT2D eigenvalue weighted by Crippen LogP contribution is 2.21. The predicted molar refractivity (Wildman–Crippen MR) is 131 cm³/mol. The van der Waals surface area contributed by atoms with Gasteiger partial charge < -0.3 is 20.0 Å². The average molecular weight is 528 g/mol. The Kier molecular flexibility index (Phi) is 9.86. The summed E-state index contributed by atoms with van der Waals surface area (Å²) < 4.78 is 5.14. The molecule has 1 amide bonds. The first-order chi connectivity index (χ1) is 13.7. The van der Waals surface area contributed by atoms with Crippen molar-refractivity contribution in [3.8, 4) is 0 Å². The van der Waals surface area contributed by atoms with Crippen molar-refractivity contribution in [3.05, 3.63) is 54.0 Å². The maximum Gasteiger partial charge on any atom is 0.291 e. The smallest absolute Gasteiger partial charge is 0.291 e. The van der Waals surface area contributed by atoms with Gasteiger partial charge in [0.2, 0.25) is 0 Å². The lowest BCUT2D eigenvalue weighted by atomic mass is 10.2. The average Bonchev–Trinajstić information content (AvgIpc) is 3.26. The Morgan fingerprint density at radius 1 is 1.31 bits per heavy atom. The highest BCUT2D eigenvalue weighted by atomic mass is 127. The van der Waals surface area contributed by atoms with E-state index in [1.54, 1.807) is 12.1 Å². The van der Waals surface area contributed by atoms with E-state index in [0.29, 0.717) is 17.6 Å². The molecule has 1 aromatic heterocycles. The second-order valence-corrected chi connectivity index (χ2v) is 8.06. The number of aliphatic imine (C=N–C) groups is 1. The molecule has 0 spiro atoms. The normalized spacial score (nSPS) is 16.8. The summed E-state index contributed by atoms with van der Waals surface area (Å²) >= 11 is 2.05. The zero-order chi connectivity index (χ0) is 19.8. The van der Waals surface area contributed by atoms with Gasteiger partial charge in [0.15, 0.2) is 11.7 Å². The lowest BCUT2D eigenvalue weighted by Crippen LogP contribution is -2.48. The van der Waals surface area contributed by atoms with Crippen molar-refractivity contribution in [2.75, 3.05) is 30.7 Å². The minimum absolute atomic E-state index is 0. The Balaban J connectivity index is 0.00000300. The van der Waals surface area contributed by atoms with E-state index < -0.39 is 0 Å². The van der Waals surface area contributed by atoms with Crippen LogP contribution in [0.4, 0.5) is 5.69 Å². The Morgan fingerprint density at radius 3 is 2.90 bits per heavy atom. The van der Waals surface area contributed by atoms with Crippen molar-refractivity contribution in [3.63, 3.8) is 0 Å². The molecule has 2 heterocycles. The predicted octanol–water partition coefficient (Wildman–Crippen LogP) is 4.44. The number of carbonyl (C=O) groups excluding carboxylic acids is 1. The number of amides is 1. The second-order valence-electron chi connectivity index (χ2n) is 6.65. The van der Waals surface area contributed by atoms with E-state index >= 15 is 0 Å². The lowest BCUT2D eigenvalue weighted by Gasteiger charge is -2.34. The number of benzene rings is 1. The van der Waals surface area contributed by atoms with Crippen LogP contribution in [0.2, 0.25) is 0 Å². The Hall–Kier alpha value is -1.68. The molecule has 1 fully saturated rings. The van der Waals surface area contributed by atoms with Gasteiger partial charge in [-0.15, -0.1) is 24.0 Å². The van der Waals surface area contributed by atoms with Gasteiger partial charge in [0.05, 0.1) is 12.8 Å². The maximum atomic E-state index is 12.2. The highest BCUT2D eigenvalue weighted by molar-refractivity contribution is 14.0. The second kappa shape index (κ2) is 12.1. The van der Waals surface area contributed by atoms with Gasteiger partial charge >= 0.3 is 0 Å². The fourth-order valence-electron chi connectivity index (χ4n) is 3.10. The Morgan fingerprint density at radius 2 is 2.17 bits per heavy atom. The molecule has 1 aliphatic rings. The molecule has 3 rings (SSSR count). The fourth-order valence-corrected chi connectivity index (χ4v) is 4.28. The summed E-state index contributed by atoms with van der Waals surface area (Å²) in [5, 5.41) is 6.95. The molecule has 158 valence electrons. The number of carbonyl (C=O) groups is 1. The summed E-state index contributed by atoms with van der Waals surface area (Å²) in [6.07, 6.45) is 2.67. The van der Waals surface area contributed by atoms with Crippen LogP contribution in [-0.4, -0.2) is 47.4 Å². The van der Waals surface area contributed by atoms with E-state index in [9.17, 15) is 4.79 Å². The van der Waals surface area contributed by atoms with E-state index in [4.69, 9.17) is 9.41 Å². The zero-order valence-electron chi connectivity index (χ0n) is 16.9. The van der Waals surface area contributed by atoms with Crippen molar-refractivity contribution in [1.82, 2.24) is 10.2 Å². The van der Waals surface area contributed by atoms with Crippen LogP contribution in [0.3, 0.4) is 0 Å². The Bertz CT molecular complexity index is 798. The number of anilines is 1. The van der Waals surface area contributed by atoms with Crippen LogP contribution in [-0.2, 0) is 6.54 Å². The van der Waals surface area contributed by atoms with Crippen molar-refractivity contribution in [1.29, 1.82) is 0 Å². The molecule has 29 heavy (non-hydrogen) atoms. The van der Waals surface area contributed by atoms with Crippen LogP contribution in [0.25, 0.3) is 0 Å². The van der Waals surface area contributed by atoms with Gasteiger partial charge in [0.25, 0.3) is 5.91 Å². The van der Waals surface area contributed by atoms with Crippen LogP contribution >= 0.6 is 35.7 Å². The molecule has 0 radical (unpaired) electrons. The molecule has 1 atom stereocenters. The van der Waals surface area contributed by atoms with Gasteiger partial charge in [-0.25, -0.2) is 4.99 Å². The third kappa shape index (κ3) is 6.95. The van der Waals surface area contributed by atoms with Crippen LogP contribution < -0.4 is 10.6 Å². The van der Waals surface area contributed by atoms with Gasteiger partial charge in [-0.2, -0.15) is 11.8 Å². The SMILES string of the molecule is CCNC(=NCc1cccc(NC(=O)c2ccco2)c1)N1CCSC(CC)C1.I. The summed E-state index contributed by atoms with van der Waals surface area (Å²) in [5.74, 6) is 2.14. The molecule has 8 heteroatoms. The molecule has 2 N–H and O–H groups in total. The van der Waals surface area contributed by atoms with Gasteiger partial charge in [0, 0.05) is 36.3 Å². The molecule has 0 saturated carbocycles. The summed E-state index contributed by atoms with van der Waals surface area (Å²) in [5.41, 5.74) is 1.78. The van der Waals surface area contributed by atoms with Crippen molar-refractivity contribution >= 4 is 53.3 Å². The first kappa shape index (κ1) is 23.6. The van der Waals surface area contributed by atoms with Gasteiger partial charge in [-0.1, -0.05) is 19.1 Å². The number of nitrogens with zero attached hydrogens (tertiary/aromatic N) is 2. The van der Waals surface area contributed by atoms with Crippen LogP contribution in [0, 0.1) is 0 Å². The number of nitrogens with one attached hydrogen (secondary N) is 2. The standard InChI is InChI=1S/C21H28N4O2S.HI/c1-3-18-15-25(10-12-28-18)21(22-4-2)23-14-16-7-5-8-17(13-16)24-20(26)19-9-6-11-27-19;/h5-9,11,13,18H,3-4,10,12,14-15H2,1-2H3,(H,22,23)(H,24,26);1H. The van der Waals surface area contributed by atoms with Crippen molar-refractivity contribution in [2.45, 2.75) is 32.1 Å². The third-order valence-electron chi connectivity index (χ3n) is 4.57. The van der Waals surface area contributed by atoms with E-state index in [1.807, 2.05) is 24.3 Å². The summed E-state index contributed by atoms with van der Waals surface area (Å²) in [6, 6.07) is 11.1. The lowest BCUT2D eigenvalue weighted by molar-refractivity contribution is 0.0996. The molecule has 1 aromatic carbocycles. The molecular weight excluding hydrogens is 499 g/mol. The maximum absolute atomic E-state index is 12.2. The number of halogens is 1. The van der Waals surface area contributed by atoms with Gasteiger partial charge in [-0.3, -0.25) is 4.79 Å². The largest absolute Gasteiger partial charge is 0.459 e. The fraction of sp³-hybridized carbons (Fsp3) is 0.429. The first-order valence-corrected chi connectivity index (χ1v) is 10.8. The number of furan rings is 1. The minimum atomic E-state index is -0.254. The van der Waals surface area contributed by atoms with Gasteiger partial charge in [0.1, 0.15) is 0 Å². The van der Waals surface area contributed by atoms with E-state index in [-0.39, 0.29) is 29.9 Å². The monoisotopic (exact) mass is 528 g/mol. The summed E-state index contributed by atoms with van der Waals surface area (Å²) in [6.45, 7) is 7.80. The number of guanidine groups is 1. The minimum Gasteiger partial charge on any atom is -0.459 e. The number of thioether (sulfide) groups is 1. The summed E-state index contributed by atoms with van der Waals surface area (Å²) in [7, 11) is 0. The zero-order valence-corrected chi connectivity index (χ0v) is 20.0. The van der Waals surface area contributed by atoms with Crippen molar-refractivity contribution in [2.24, 2.45) is 4.99 Å². The molecule has 1 unspecified atom stereocenters. The van der Waals surface area contributed by atoms with Crippen LogP contribution in [0.5, 0.6) is 0 Å². The molecule has 1 saturated heterocycles. The van der Waals surface area contributed by atoms with Crippen LogP contribution in [0.15, 0.2) is 52.1 Å². The molecule has 2 aromatic rings. The van der Waals surface area contributed by atoms with Crippen LogP contribution in [0.1, 0.15) is 36.4 Å². The molecule has 1 aliphatic heterocycles. The number of hydrogen-bond donors (Lipinski definition) is 2. The number of hydrogen-bond acceptors (Lipinski definition) is 4. The van der Waals surface area contributed by atoms with Crippen molar-refractivity contribution < 1.29 is 9.21 Å². The van der Waals surface area contributed by atoms with E-state index in [0.717, 1.165) is 42.6 Å². The highest BCUT2D eigenvalue weighted by Gasteiger charge is 2.21. The quantitative estimate of drug-likeness (QED) is 0.330. The topological polar surface area (TPSA) is 69.9 Å². The third-order valence-corrected chi connectivity index (χ3v) is 5.94. The molecule has 0 bridgehead atoms. The number of rotatable bonds is 6. The first-order valence-electron chi connectivity index (χ1n) is 9.78. The van der Waals surface area contributed by atoms with E-state index in [1.165, 1.54) is 12.7 Å². The molecule has 6 nitrogen and oxygen atoms in total. The molecule has 0 aliphatic carbocycles. The van der Waals surface area contributed by atoms with Gasteiger partial charge in [-0.05, 0) is 43.2 Å². The summed E-state index contributed by atoms with van der Waals surface area (Å²) in [4.78, 5) is 19.3.